The number of carbonyl (C=O) groups excluding carboxylic acids is 2. The number of piperidine rings is 1. The first-order valence-electron chi connectivity index (χ1n) is 10.2. The Balaban J connectivity index is 0.00000176. The Morgan fingerprint density at radius 3 is 2.52 bits per heavy atom. The van der Waals surface area contributed by atoms with Crippen molar-refractivity contribution in [3.05, 3.63) is 29.3 Å². The fraction of sp³-hybridized carbons (Fsp3) is 0.636. The van der Waals surface area contributed by atoms with Gasteiger partial charge in [-0.25, -0.2) is 4.79 Å². The molecular formula is C22H36N2O3. The summed E-state index contributed by atoms with van der Waals surface area (Å²) in [5, 5.41) is 0. The highest BCUT2D eigenvalue weighted by Gasteiger charge is 2.32. The Morgan fingerprint density at radius 2 is 1.93 bits per heavy atom. The van der Waals surface area contributed by atoms with E-state index in [0.29, 0.717) is 25.5 Å². The van der Waals surface area contributed by atoms with Crippen LogP contribution in [-0.4, -0.2) is 43.6 Å². The normalized spacial score (nSPS) is 19.0. The number of hydrogen-bond donors (Lipinski definition) is 0. The first kappa shape index (κ1) is 23.0. The lowest BCUT2D eigenvalue weighted by molar-refractivity contribution is -0.118. The minimum Gasteiger partial charge on any atom is -0.450 e. The molecule has 1 aliphatic heterocycles. The van der Waals surface area contributed by atoms with Gasteiger partial charge in [0.1, 0.15) is 0 Å². The summed E-state index contributed by atoms with van der Waals surface area (Å²) in [6.07, 6.45) is 1.21. The van der Waals surface area contributed by atoms with Crippen molar-refractivity contribution in [3.63, 3.8) is 0 Å². The number of anilines is 1. The second kappa shape index (κ2) is 11.0. The van der Waals surface area contributed by atoms with E-state index in [0.717, 1.165) is 24.2 Å². The van der Waals surface area contributed by atoms with Crippen LogP contribution in [0.15, 0.2) is 18.2 Å². The van der Waals surface area contributed by atoms with Crippen LogP contribution in [0.3, 0.4) is 0 Å². The maximum Gasteiger partial charge on any atom is 0.409 e. The van der Waals surface area contributed by atoms with E-state index in [1.54, 1.807) is 9.80 Å². The van der Waals surface area contributed by atoms with Gasteiger partial charge in [-0.15, -0.1) is 0 Å². The number of carbonyl (C=O) groups is 2. The summed E-state index contributed by atoms with van der Waals surface area (Å²) in [5.41, 5.74) is 3.29. The van der Waals surface area contributed by atoms with Gasteiger partial charge in [0.15, 0.2) is 0 Å². The maximum absolute atomic E-state index is 12.1. The van der Waals surface area contributed by atoms with E-state index in [1.165, 1.54) is 5.56 Å². The van der Waals surface area contributed by atoms with Crippen LogP contribution in [0.25, 0.3) is 0 Å². The Bertz CT molecular complexity index is 630. The van der Waals surface area contributed by atoms with Crippen molar-refractivity contribution in [1.29, 1.82) is 0 Å². The quantitative estimate of drug-likeness (QED) is 0.745. The Hall–Kier alpha value is -2.04. The van der Waals surface area contributed by atoms with E-state index >= 15 is 0 Å². The van der Waals surface area contributed by atoms with Crippen molar-refractivity contribution in [1.82, 2.24) is 4.90 Å². The van der Waals surface area contributed by atoms with Crippen LogP contribution >= 0.6 is 0 Å². The molecule has 0 saturated carbocycles. The number of amides is 2. The van der Waals surface area contributed by atoms with Crippen molar-refractivity contribution < 1.29 is 14.3 Å². The number of nitrogens with zero attached hydrogens (tertiary/aromatic N) is 2. The van der Waals surface area contributed by atoms with Gasteiger partial charge >= 0.3 is 6.09 Å². The predicted octanol–water partition coefficient (Wildman–Crippen LogP) is 4.98. The zero-order valence-corrected chi connectivity index (χ0v) is 18.0. The summed E-state index contributed by atoms with van der Waals surface area (Å²) in [6.45, 7) is 13.8. The second-order valence-electron chi connectivity index (χ2n) is 6.82. The molecule has 5 nitrogen and oxygen atoms in total. The van der Waals surface area contributed by atoms with Crippen LogP contribution in [0.2, 0.25) is 0 Å². The third-order valence-corrected chi connectivity index (χ3v) is 5.27. The van der Waals surface area contributed by atoms with Gasteiger partial charge < -0.3 is 14.5 Å². The van der Waals surface area contributed by atoms with Gasteiger partial charge in [-0.3, -0.25) is 4.79 Å². The molecule has 2 atom stereocenters. The van der Waals surface area contributed by atoms with E-state index in [1.807, 2.05) is 46.9 Å². The van der Waals surface area contributed by atoms with Gasteiger partial charge in [0, 0.05) is 38.2 Å². The van der Waals surface area contributed by atoms with Crippen molar-refractivity contribution in [2.45, 2.75) is 60.3 Å². The molecule has 27 heavy (non-hydrogen) atoms. The average molecular weight is 377 g/mol. The average Bonchev–Trinajstić information content (AvgIpc) is 2.69. The molecule has 1 aromatic carbocycles. The van der Waals surface area contributed by atoms with Crippen molar-refractivity contribution in [3.8, 4) is 0 Å². The van der Waals surface area contributed by atoms with E-state index in [2.05, 4.69) is 19.9 Å². The molecule has 0 radical (unpaired) electrons. The third kappa shape index (κ3) is 5.47. The van der Waals surface area contributed by atoms with Crippen LogP contribution in [0.1, 0.15) is 64.5 Å². The highest BCUT2D eigenvalue weighted by molar-refractivity contribution is 5.93. The third-order valence-electron chi connectivity index (χ3n) is 5.27. The minimum atomic E-state index is -0.230. The smallest absolute Gasteiger partial charge is 0.409 e. The summed E-state index contributed by atoms with van der Waals surface area (Å²) < 4.78 is 5.17. The van der Waals surface area contributed by atoms with Crippen molar-refractivity contribution >= 4 is 17.7 Å². The van der Waals surface area contributed by atoms with Crippen molar-refractivity contribution in [2.24, 2.45) is 5.92 Å². The Kier molecular flexibility index (Phi) is 9.33. The second-order valence-corrected chi connectivity index (χ2v) is 6.82. The van der Waals surface area contributed by atoms with Gasteiger partial charge in [0.05, 0.1) is 6.61 Å². The molecule has 5 heteroatoms. The summed E-state index contributed by atoms with van der Waals surface area (Å²) in [6, 6.07) is 6.12. The molecule has 0 bridgehead atoms. The zero-order valence-electron chi connectivity index (χ0n) is 18.0. The topological polar surface area (TPSA) is 49.9 Å². The lowest BCUT2D eigenvalue weighted by Gasteiger charge is -2.37. The van der Waals surface area contributed by atoms with E-state index in [4.69, 9.17) is 4.74 Å². The molecule has 1 fully saturated rings. The summed E-state index contributed by atoms with van der Waals surface area (Å²) >= 11 is 0. The van der Waals surface area contributed by atoms with Gasteiger partial charge in [-0.2, -0.15) is 0 Å². The molecule has 1 saturated heterocycles. The molecule has 1 aliphatic rings. The molecule has 0 N–H and O–H groups in total. The van der Waals surface area contributed by atoms with E-state index < -0.39 is 0 Å². The van der Waals surface area contributed by atoms with Gasteiger partial charge in [0.2, 0.25) is 5.91 Å². The lowest BCUT2D eigenvalue weighted by Crippen LogP contribution is -2.42. The lowest BCUT2D eigenvalue weighted by atomic mass is 9.80. The Morgan fingerprint density at radius 1 is 1.26 bits per heavy atom. The van der Waals surface area contributed by atoms with Crippen LogP contribution < -0.4 is 4.90 Å². The minimum absolute atomic E-state index is 0.102. The summed E-state index contributed by atoms with van der Waals surface area (Å²) in [5.74, 6) is 0.833. The summed E-state index contributed by atoms with van der Waals surface area (Å²) in [7, 11) is 1.83. The van der Waals surface area contributed by atoms with Gasteiger partial charge in [-0.05, 0) is 43.4 Å². The predicted molar refractivity (Wildman–Crippen MR) is 111 cm³/mol. The number of hydrogen-bond acceptors (Lipinski definition) is 3. The van der Waals surface area contributed by atoms with Crippen LogP contribution in [0.4, 0.5) is 10.5 Å². The molecule has 1 aromatic rings. The molecule has 152 valence electrons. The van der Waals surface area contributed by atoms with Crippen molar-refractivity contribution in [2.75, 3.05) is 31.6 Å². The first-order valence-corrected chi connectivity index (χ1v) is 10.2. The molecule has 1 heterocycles. The molecule has 2 amide bonds. The largest absolute Gasteiger partial charge is 0.450 e. The number of likely N-dealkylation sites (tertiary alicyclic amines) is 1. The molecule has 2 unspecified atom stereocenters. The van der Waals surface area contributed by atoms with Gasteiger partial charge in [0.25, 0.3) is 0 Å². The SMILES string of the molecule is CC.CCOC(=O)N1CCC(C)C(c2cccc(N(C)C(=O)CC)c2C)C1. The highest BCUT2D eigenvalue weighted by atomic mass is 16.6. The molecular weight excluding hydrogens is 340 g/mol. The van der Waals surface area contributed by atoms with E-state index in [9.17, 15) is 9.59 Å². The monoisotopic (exact) mass is 376 g/mol. The first-order chi connectivity index (χ1) is 12.9. The molecule has 2 rings (SSSR count). The molecule has 0 aromatic heterocycles. The fourth-order valence-electron chi connectivity index (χ4n) is 3.63. The number of ether oxygens (including phenoxy) is 1. The van der Waals surface area contributed by atoms with E-state index in [-0.39, 0.29) is 17.9 Å². The molecule has 0 aliphatic carbocycles. The van der Waals surface area contributed by atoms with Crippen LogP contribution in [0, 0.1) is 12.8 Å². The maximum atomic E-state index is 12.1. The number of rotatable bonds is 4. The highest BCUT2D eigenvalue weighted by Crippen LogP contribution is 2.36. The standard InChI is InChI=1S/C20H30N2O3.C2H6/c1-6-19(23)21(5)18-10-8-9-16(15(18)4)17-13-22(12-11-14(17)3)20(24)25-7-2;1-2/h8-10,14,17H,6-7,11-13H2,1-5H3;1-2H3. The number of benzene rings is 1. The fourth-order valence-corrected chi connectivity index (χ4v) is 3.63. The Labute approximate surface area is 164 Å². The molecule has 0 spiro atoms. The zero-order chi connectivity index (χ0) is 20.6. The van der Waals surface area contributed by atoms with Crippen LogP contribution in [-0.2, 0) is 9.53 Å². The van der Waals surface area contributed by atoms with Gasteiger partial charge in [-0.1, -0.05) is 39.8 Å². The summed E-state index contributed by atoms with van der Waals surface area (Å²) in [4.78, 5) is 27.7. The van der Waals surface area contributed by atoms with Crippen LogP contribution in [0.5, 0.6) is 0 Å².